The van der Waals surface area contributed by atoms with Crippen LogP contribution in [0.5, 0.6) is 0 Å². The molecule has 1 amide bonds. The number of methoxy groups -OCH3 is 2. The van der Waals surface area contributed by atoms with E-state index in [1.54, 1.807) is 0 Å². The van der Waals surface area contributed by atoms with Crippen molar-refractivity contribution in [1.29, 1.82) is 0 Å². The van der Waals surface area contributed by atoms with Gasteiger partial charge < -0.3 is 19.9 Å². The van der Waals surface area contributed by atoms with Crippen molar-refractivity contribution in [3.05, 3.63) is 35.4 Å². The standard InChI is InChI=1S/C15H16F3NO6/c1-24-11(20)7-10(14(23)25-2)19-13(22)12(21)8-3-5-9(6-4-8)15(16,17)18/h3-6,10,12,21H,7H2,1-2H3,(H,19,22)/t10-,12+/m1/s1. The molecule has 0 aliphatic carbocycles. The van der Waals surface area contributed by atoms with Crippen molar-refractivity contribution < 1.29 is 42.1 Å². The van der Waals surface area contributed by atoms with Crippen LogP contribution in [0, 0.1) is 0 Å². The summed E-state index contributed by atoms with van der Waals surface area (Å²) in [6.07, 6.45) is -6.93. The Morgan fingerprint density at radius 2 is 1.68 bits per heavy atom. The second-order valence-electron chi connectivity index (χ2n) is 4.89. The molecule has 0 saturated carbocycles. The monoisotopic (exact) mass is 363 g/mol. The van der Waals surface area contributed by atoms with E-state index in [1.807, 2.05) is 0 Å². The molecule has 0 unspecified atom stereocenters. The van der Waals surface area contributed by atoms with Crippen molar-refractivity contribution in [2.75, 3.05) is 14.2 Å². The Hall–Kier alpha value is -2.62. The van der Waals surface area contributed by atoms with E-state index in [0.717, 1.165) is 26.4 Å². The molecule has 25 heavy (non-hydrogen) atoms. The molecular formula is C15H16F3NO6. The Bertz CT molecular complexity index is 629. The van der Waals surface area contributed by atoms with E-state index in [9.17, 15) is 32.7 Å². The molecule has 0 aliphatic heterocycles. The molecule has 10 heteroatoms. The smallest absolute Gasteiger partial charge is 0.416 e. The number of alkyl halides is 3. The molecule has 0 aliphatic rings. The zero-order valence-corrected chi connectivity index (χ0v) is 13.3. The van der Waals surface area contributed by atoms with Gasteiger partial charge in [0.25, 0.3) is 5.91 Å². The summed E-state index contributed by atoms with van der Waals surface area (Å²) in [5, 5.41) is 12.0. The van der Waals surface area contributed by atoms with E-state index in [-0.39, 0.29) is 5.56 Å². The lowest BCUT2D eigenvalue weighted by atomic mass is 10.1. The second kappa shape index (κ2) is 8.47. The lowest BCUT2D eigenvalue weighted by Crippen LogP contribution is -2.45. The average molecular weight is 363 g/mol. The zero-order valence-electron chi connectivity index (χ0n) is 13.3. The van der Waals surface area contributed by atoms with E-state index in [1.165, 1.54) is 0 Å². The first-order valence-electron chi connectivity index (χ1n) is 6.90. The van der Waals surface area contributed by atoms with Crippen LogP contribution < -0.4 is 5.32 Å². The summed E-state index contributed by atoms with van der Waals surface area (Å²) in [5.41, 5.74) is -1.06. The number of ether oxygens (including phenoxy) is 2. The van der Waals surface area contributed by atoms with Crippen molar-refractivity contribution >= 4 is 17.8 Å². The number of carbonyl (C=O) groups excluding carboxylic acids is 3. The van der Waals surface area contributed by atoms with Crippen LogP contribution in [0.15, 0.2) is 24.3 Å². The van der Waals surface area contributed by atoms with Crippen molar-refractivity contribution in [1.82, 2.24) is 5.32 Å². The quantitative estimate of drug-likeness (QED) is 0.730. The molecule has 0 fully saturated rings. The third kappa shape index (κ3) is 5.75. The largest absolute Gasteiger partial charge is 0.469 e. The number of benzene rings is 1. The van der Waals surface area contributed by atoms with Gasteiger partial charge in [0.05, 0.1) is 26.2 Å². The minimum absolute atomic E-state index is 0.118. The molecule has 0 bridgehead atoms. The lowest BCUT2D eigenvalue weighted by molar-refractivity contribution is -0.151. The fraction of sp³-hybridized carbons (Fsp3) is 0.400. The highest BCUT2D eigenvalue weighted by Crippen LogP contribution is 2.29. The van der Waals surface area contributed by atoms with E-state index < -0.39 is 48.2 Å². The number of hydrogen-bond acceptors (Lipinski definition) is 6. The molecule has 1 rings (SSSR count). The number of halogens is 3. The van der Waals surface area contributed by atoms with Gasteiger partial charge in [-0.25, -0.2) is 4.79 Å². The first-order valence-corrected chi connectivity index (χ1v) is 6.90. The predicted molar refractivity (Wildman–Crippen MR) is 77.0 cm³/mol. The van der Waals surface area contributed by atoms with E-state index in [2.05, 4.69) is 14.8 Å². The Labute approximate surface area is 140 Å². The van der Waals surface area contributed by atoms with Gasteiger partial charge in [0.1, 0.15) is 6.04 Å². The fourth-order valence-electron chi connectivity index (χ4n) is 1.84. The summed E-state index contributed by atoms with van der Waals surface area (Å²) in [5.74, 6) is -2.84. The van der Waals surface area contributed by atoms with Gasteiger partial charge in [-0.1, -0.05) is 12.1 Å². The molecule has 2 atom stereocenters. The molecule has 0 aromatic heterocycles. The summed E-state index contributed by atoms with van der Waals surface area (Å²) < 4.78 is 46.3. The molecule has 0 saturated heterocycles. The molecule has 2 N–H and O–H groups in total. The first kappa shape index (κ1) is 20.4. The maximum atomic E-state index is 12.5. The van der Waals surface area contributed by atoms with Gasteiger partial charge in [-0.05, 0) is 17.7 Å². The molecule has 138 valence electrons. The van der Waals surface area contributed by atoms with Crippen LogP contribution in [0.1, 0.15) is 23.7 Å². The minimum atomic E-state index is -4.55. The zero-order chi connectivity index (χ0) is 19.2. The maximum absolute atomic E-state index is 12.5. The van der Waals surface area contributed by atoms with Crippen molar-refractivity contribution in [2.45, 2.75) is 24.7 Å². The number of hydrogen-bond donors (Lipinski definition) is 2. The van der Waals surface area contributed by atoms with Crippen LogP contribution in [-0.2, 0) is 30.0 Å². The van der Waals surface area contributed by atoms with Crippen LogP contribution in [0.3, 0.4) is 0 Å². The Kier molecular flexibility index (Phi) is 6.92. The highest BCUT2D eigenvalue weighted by molar-refractivity contribution is 5.90. The molecule has 7 nitrogen and oxygen atoms in total. The highest BCUT2D eigenvalue weighted by atomic mass is 19.4. The molecule has 0 radical (unpaired) electrons. The number of esters is 2. The maximum Gasteiger partial charge on any atom is 0.416 e. The fourth-order valence-corrected chi connectivity index (χ4v) is 1.84. The van der Waals surface area contributed by atoms with E-state index >= 15 is 0 Å². The molecule has 1 aromatic rings. The Morgan fingerprint density at radius 1 is 1.12 bits per heavy atom. The topological polar surface area (TPSA) is 102 Å². The molecule has 0 spiro atoms. The summed E-state index contributed by atoms with van der Waals surface area (Å²) in [6.45, 7) is 0. The van der Waals surface area contributed by atoms with Crippen molar-refractivity contribution in [3.8, 4) is 0 Å². The second-order valence-corrected chi connectivity index (χ2v) is 4.89. The summed E-state index contributed by atoms with van der Waals surface area (Å²) in [6, 6.07) is 1.87. The number of aliphatic hydroxyl groups excluding tert-OH is 1. The molecule has 0 heterocycles. The number of amides is 1. The van der Waals surface area contributed by atoms with Crippen LogP contribution in [0.2, 0.25) is 0 Å². The van der Waals surface area contributed by atoms with Crippen LogP contribution >= 0.6 is 0 Å². The summed E-state index contributed by atoms with van der Waals surface area (Å²) in [4.78, 5) is 34.8. The van der Waals surface area contributed by atoms with E-state index in [4.69, 9.17) is 0 Å². The van der Waals surface area contributed by atoms with Gasteiger partial charge >= 0.3 is 18.1 Å². The van der Waals surface area contributed by atoms with Crippen LogP contribution in [0.4, 0.5) is 13.2 Å². The number of carbonyl (C=O) groups is 3. The number of nitrogens with one attached hydrogen (secondary N) is 1. The van der Waals surface area contributed by atoms with Gasteiger partial charge in [0, 0.05) is 0 Å². The van der Waals surface area contributed by atoms with Crippen molar-refractivity contribution in [2.24, 2.45) is 0 Å². The molecule has 1 aromatic carbocycles. The number of rotatable bonds is 6. The van der Waals surface area contributed by atoms with Gasteiger partial charge in [-0.15, -0.1) is 0 Å². The first-order chi connectivity index (χ1) is 11.6. The third-order valence-electron chi connectivity index (χ3n) is 3.20. The van der Waals surface area contributed by atoms with Gasteiger partial charge in [0.2, 0.25) is 0 Å². The Balaban J connectivity index is 2.86. The third-order valence-corrected chi connectivity index (χ3v) is 3.20. The average Bonchev–Trinajstić information content (AvgIpc) is 2.58. The van der Waals surface area contributed by atoms with Crippen molar-refractivity contribution in [3.63, 3.8) is 0 Å². The molecular weight excluding hydrogens is 347 g/mol. The van der Waals surface area contributed by atoms with Gasteiger partial charge in [0.15, 0.2) is 6.10 Å². The SMILES string of the molecule is COC(=O)C[C@@H](NC(=O)[C@@H](O)c1ccc(C(F)(F)F)cc1)C(=O)OC. The van der Waals surface area contributed by atoms with Crippen LogP contribution in [-0.4, -0.2) is 43.2 Å². The summed E-state index contributed by atoms with van der Waals surface area (Å²) >= 11 is 0. The minimum Gasteiger partial charge on any atom is -0.469 e. The summed E-state index contributed by atoms with van der Waals surface area (Å²) in [7, 11) is 2.11. The van der Waals surface area contributed by atoms with Gasteiger partial charge in [-0.2, -0.15) is 13.2 Å². The number of aliphatic hydroxyl groups is 1. The predicted octanol–water partition coefficient (Wildman–Crippen LogP) is 0.960. The van der Waals surface area contributed by atoms with Crippen LogP contribution in [0.25, 0.3) is 0 Å². The normalized spacial score (nSPS) is 13.5. The van der Waals surface area contributed by atoms with E-state index in [0.29, 0.717) is 12.1 Å². The highest BCUT2D eigenvalue weighted by Gasteiger charge is 2.31. The van der Waals surface area contributed by atoms with Gasteiger partial charge in [-0.3, -0.25) is 9.59 Å². The lowest BCUT2D eigenvalue weighted by Gasteiger charge is -2.18. The Morgan fingerprint density at radius 3 is 2.12 bits per heavy atom.